The molecule has 0 radical (unpaired) electrons. The minimum Gasteiger partial charge on any atom is -0.478 e. The molecule has 2 rings (SSSR count). The van der Waals surface area contributed by atoms with Crippen LogP contribution in [0.15, 0.2) is 12.3 Å². The summed E-state index contributed by atoms with van der Waals surface area (Å²) in [6.07, 6.45) is 1.39. The van der Waals surface area contributed by atoms with Crippen LogP contribution in [-0.4, -0.2) is 40.6 Å². The molecule has 7 heteroatoms. The molecule has 0 aromatic carbocycles. The van der Waals surface area contributed by atoms with Crippen molar-refractivity contribution in [1.29, 1.82) is 0 Å². The van der Waals surface area contributed by atoms with E-state index in [0.29, 0.717) is 18.9 Å². The predicted molar refractivity (Wildman–Crippen MR) is 70.0 cm³/mol. The largest absolute Gasteiger partial charge is 0.478 e. The molecule has 1 fully saturated rings. The fourth-order valence-corrected chi connectivity index (χ4v) is 2.13. The van der Waals surface area contributed by atoms with Gasteiger partial charge in [-0.2, -0.15) is 0 Å². The third-order valence-electron chi connectivity index (χ3n) is 3.31. The highest BCUT2D eigenvalue weighted by molar-refractivity contribution is 5.98. The predicted octanol–water partition coefficient (Wildman–Crippen LogP) is 0.0768. The van der Waals surface area contributed by atoms with Crippen LogP contribution in [-0.2, 0) is 4.79 Å². The molecule has 0 saturated carbocycles. The summed E-state index contributed by atoms with van der Waals surface area (Å²) in [5.74, 6) is -0.916. The molecule has 0 unspecified atom stereocenters. The van der Waals surface area contributed by atoms with Crippen molar-refractivity contribution in [3.8, 4) is 0 Å². The molecule has 1 aliphatic heterocycles. The third-order valence-corrected chi connectivity index (χ3v) is 3.31. The van der Waals surface area contributed by atoms with Gasteiger partial charge in [-0.25, -0.2) is 9.78 Å². The number of carbonyl (C=O) groups is 2. The van der Waals surface area contributed by atoms with Gasteiger partial charge in [0.1, 0.15) is 5.54 Å². The highest BCUT2D eigenvalue weighted by atomic mass is 16.4. The van der Waals surface area contributed by atoms with E-state index in [4.69, 9.17) is 10.8 Å². The Labute approximate surface area is 110 Å². The minimum atomic E-state index is -1.11. The standard InChI is InChI=1S/C12H16N4O3/c1-12(2)11(19)15-5-6-16(12)9-8(13)7(10(17)18)3-4-14-9/h3-4H,5-6,13H2,1-2H3,(H,15,19)(H,17,18). The number of carboxylic acids is 1. The van der Waals surface area contributed by atoms with Crippen LogP contribution >= 0.6 is 0 Å². The summed E-state index contributed by atoms with van der Waals surface area (Å²) >= 11 is 0. The Hall–Kier alpha value is -2.31. The Morgan fingerprint density at radius 3 is 2.89 bits per heavy atom. The summed E-state index contributed by atoms with van der Waals surface area (Å²) in [6, 6.07) is 1.35. The molecule has 1 aromatic rings. The quantitative estimate of drug-likeness (QED) is 0.698. The van der Waals surface area contributed by atoms with E-state index < -0.39 is 11.5 Å². The van der Waals surface area contributed by atoms with Gasteiger partial charge in [-0.15, -0.1) is 0 Å². The van der Waals surface area contributed by atoms with Gasteiger partial charge in [-0.1, -0.05) is 0 Å². The number of carbonyl (C=O) groups excluding carboxylic acids is 1. The van der Waals surface area contributed by atoms with Gasteiger partial charge >= 0.3 is 5.97 Å². The summed E-state index contributed by atoms with van der Waals surface area (Å²) in [5, 5.41) is 11.8. The number of nitrogen functional groups attached to an aromatic ring is 1. The van der Waals surface area contributed by atoms with Crippen LogP contribution in [0, 0.1) is 0 Å². The van der Waals surface area contributed by atoms with Gasteiger partial charge in [-0.05, 0) is 19.9 Å². The van der Waals surface area contributed by atoms with Crippen molar-refractivity contribution in [2.75, 3.05) is 23.7 Å². The zero-order valence-electron chi connectivity index (χ0n) is 10.8. The summed E-state index contributed by atoms with van der Waals surface area (Å²) in [4.78, 5) is 28.8. The molecule has 1 saturated heterocycles. The van der Waals surface area contributed by atoms with Crippen LogP contribution < -0.4 is 16.0 Å². The lowest BCUT2D eigenvalue weighted by Crippen LogP contribution is -2.62. The Bertz CT molecular complexity index is 542. The van der Waals surface area contributed by atoms with Gasteiger partial charge in [0.05, 0.1) is 11.3 Å². The highest BCUT2D eigenvalue weighted by Crippen LogP contribution is 2.30. The molecule has 0 bridgehead atoms. The summed E-state index contributed by atoms with van der Waals surface area (Å²) < 4.78 is 0. The Morgan fingerprint density at radius 1 is 1.58 bits per heavy atom. The minimum absolute atomic E-state index is 0.00761. The lowest BCUT2D eigenvalue weighted by Gasteiger charge is -2.42. The second kappa shape index (κ2) is 4.42. The fraction of sp³-hybridized carbons (Fsp3) is 0.417. The maximum atomic E-state index is 11.9. The molecule has 0 aliphatic carbocycles. The van der Waals surface area contributed by atoms with Crippen LogP contribution in [0.1, 0.15) is 24.2 Å². The molecule has 102 valence electrons. The number of hydrogen-bond acceptors (Lipinski definition) is 5. The SMILES string of the molecule is CC1(C)C(=O)NCCN1c1nccc(C(=O)O)c1N. The molecule has 1 amide bonds. The average molecular weight is 264 g/mol. The number of nitrogens with one attached hydrogen (secondary N) is 1. The topological polar surface area (TPSA) is 109 Å². The summed E-state index contributed by atoms with van der Waals surface area (Å²) in [6.45, 7) is 4.49. The zero-order chi connectivity index (χ0) is 14.2. The van der Waals surface area contributed by atoms with E-state index >= 15 is 0 Å². The molecule has 0 spiro atoms. The first kappa shape index (κ1) is 13.1. The van der Waals surface area contributed by atoms with E-state index in [1.807, 2.05) is 0 Å². The number of nitrogens with zero attached hydrogens (tertiary/aromatic N) is 2. The van der Waals surface area contributed by atoms with Gasteiger partial charge in [0.2, 0.25) is 5.91 Å². The van der Waals surface area contributed by atoms with Crippen LogP contribution in [0.5, 0.6) is 0 Å². The number of rotatable bonds is 2. The number of piperazine rings is 1. The number of amides is 1. The van der Waals surface area contributed by atoms with Gasteiger partial charge < -0.3 is 21.1 Å². The van der Waals surface area contributed by atoms with Crippen molar-refractivity contribution < 1.29 is 14.7 Å². The molecular formula is C12H16N4O3. The van der Waals surface area contributed by atoms with Gasteiger partial charge in [0, 0.05) is 19.3 Å². The third kappa shape index (κ3) is 2.07. The van der Waals surface area contributed by atoms with Crippen molar-refractivity contribution in [2.45, 2.75) is 19.4 Å². The fourth-order valence-electron chi connectivity index (χ4n) is 2.13. The summed E-state index contributed by atoms with van der Waals surface area (Å²) in [5.41, 5.74) is 5.12. The first-order valence-corrected chi connectivity index (χ1v) is 5.89. The lowest BCUT2D eigenvalue weighted by atomic mass is 9.98. The van der Waals surface area contributed by atoms with Crippen molar-refractivity contribution >= 4 is 23.4 Å². The van der Waals surface area contributed by atoms with E-state index in [1.54, 1.807) is 18.7 Å². The maximum absolute atomic E-state index is 11.9. The normalized spacial score (nSPS) is 18.0. The van der Waals surface area contributed by atoms with Gasteiger partial charge in [0.15, 0.2) is 5.82 Å². The number of anilines is 2. The average Bonchev–Trinajstić information content (AvgIpc) is 2.33. The van der Waals surface area contributed by atoms with E-state index in [9.17, 15) is 9.59 Å². The van der Waals surface area contributed by atoms with Crippen molar-refractivity contribution in [3.63, 3.8) is 0 Å². The van der Waals surface area contributed by atoms with Crippen molar-refractivity contribution in [2.24, 2.45) is 0 Å². The zero-order valence-corrected chi connectivity index (χ0v) is 10.8. The molecule has 4 N–H and O–H groups in total. The smallest absolute Gasteiger partial charge is 0.337 e. The Balaban J connectivity index is 2.50. The molecule has 19 heavy (non-hydrogen) atoms. The summed E-state index contributed by atoms with van der Waals surface area (Å²) in [7, 11) is 0. The number of hydrogen-bond donors (Lipinski definition) is 3. The molecule has 1 aliphatic rings. The number of carboxylic acid groups (broad SMARTS) is 1. The molecular weight excluding hydrogens is 248 g/mol. The highest BCUT2D eigenvalue weighted by Gasteiger charge is 2.39. The van der Waals surface area contributed by atoms with Crippen LogP contribution in [0.3, 0.4) is 0 Å². The van der Waals surface area contributed by atoms with Crippen molar-refractivity contribution in [3.05, 3.63) is 17.8 Å². The molecule has 2 heterocycles. The second-order valence-electron chi connectivity index (χ2n) is 4.87. The van der Waals surface area contributed by atoms with Crippen LogP contribution in [0.25, 0.3) is 0 Å². The van der Waals surface area contributed by atoms with Crippen LogP contribution in [0.4, 0.5) is 11.5 Å². The van der Waals surface area contributed by atoms with E-state index in [1.165, 1.54) is 12.3 Å². The van der Waals surface area contributed by atoms with E-state index in [-0.39, 0.29) is 17.2 Å². The second-order valence-corrected chi connectivity index (χ2v) is 4.87. The van der Waals surface area contributed by atoms with Crippen molar-refractivity contribution in [1.82, 2.24) is 10.3 Å². The number of aromatic nitrogens is 1. The first-order valence-electron chi connectivity index (χ1n) is 5.89. The van der Waals surface area contributed by atoms with Gasteiger partial charge in [-0.3, -0.25) is 4.79 Å². The van der Waals surface area contributed by atoms with E-state index in [0.717, 1.165) is 0 Å². The number of aromatic carboxylic acids is 1. The van der Waals surface area contributed by atoms with Gasteiger partial charge in [0.25, 0.3) is 0 Å². The van der Waals surface area contributed by atoms with E-state index in [2.05, 4.69) is 10.3 Å². The molecule has 1 aromatic heterocycles. The van der Waals surface area contributed by atoms with Crippen LogP contribution in [0.2, 0.25) is 0 Å². The number of pyridine rings is 1. The monoisotopic (exact) mass is 264 g/mol. The maximum Gasteiger partial charge on any atom is 0.337 e. The Morgan fingerprint density at radius 2 is 2.26 bits per heavy atom. The molecule has 0 atom stereocenters. The molecule has 7 nitrogen and oxygen atoms in total. The number of nitrogens with two attached hydrogens (primary N) is 1. The lowest BCUT2D eigenvalue weighted by molar-refractivity contribution is -0.126. The Kier molecular flexibility index (Phi) is 3.05. The first-order chi connectivity index (χ1) is 8.85.